The van der Waals surface area contributed by atoms with Gasteiger partial charge in [-0.2, -0.15) is 4.31 Å². The van der Waals surface area contributed by atoms with Gasteiger partial charge in [-0.3, -0.25) is 4.79 Å². The number of nitrogens with zero attached hydrogens (tertiary/aromatic N) is 4. The molecule has 2 aliphatic heterocycles. The first-order valence-corrected chi connectivity index (χ1v) is 15.9. The van der Waals surface area contributed by atoms with Crippen LogP contribution in [0.25, 0.3) is 12.2 Å². The molecule has 5 rings (SSSR count). The molecule has 1 amide bonds. The summed E-state index contributed by atoms with van der Waals surface area (Å²) < 4.78 is 34.1. The van der Waals surface area contributed by atoms with Crippen molar-refractivity contribution in [3.05, 3.63) is 46.8 Å². The van der Waals surface area contributed by atoms with E-state index >= 15 is 0 Å². The van der Waals surface area contributed by atoms with Crippen molar-refractivity contribution in [2.75, 3.05) is 33.2 Å². The number of aromatic nitrogens is 1. The topological polar surface area (TPSA) is 87.0 Å². The molecule has 2 saturated heterocycles. The quantitative estimate of drug-likeness (QED) is 0.492. The third-order valence-corrected chi connectivity index (χ3v) is 11.0. The lowest BCUT2D eigenvalue weighted by molar-refractivity contribution is -0.138. The summed E-state index contributed by atoms with van der Waals surface area (Å²) in [6, 6.07) is 9.22. The van der Waals surface area contributed by atoms with E-state index in [4.69, 9.17) is 4.52 Å². The summed E-state index contributed by atoms with van der Waals surface area (Å²) in [5, 5.41) is 3.96. The Morgan fingerprint density at radius 1 is 0.923 bits per heavy atom. The molecule has 0 atom stereocenters. The number of likely N-dealkylation sites (tertiary alicyclic amines) is 1. The predicted molar refractivity (Wildman–Crippen MR) is 152 cm³/mol. The fourth-order valence-corrected chi connectivity index (χ4v) is 8.20. The minimum atomic E-state index is -3.79. The molecular weight excluding hydrogens is 512 g/mol. The Morgan fingerprint density at radius 2 is 1.54 bits per heavy atom. The van der Waals surface area contributed by atoms with E-state index in [1.807, 2.05) is 42.2 Å². The minimum Gasteiger partial charge on any atom is -0.355 e. The fourth-order valence-electron chi connectivity index (χ4n) is 6.48. The minimum absolute atomic E-state index is 0.115. The maximum absolute atomic E-state index is 13.6. The molecule has 3 aliphatic rings. The third-order valence-electron chi connectivity index (χ3n) is 8.99. The SMILES string of the molecule is Cc1ccc(/C=C/c2onc(C)c2S(=O)(=O)N2CCC(C(=O)N3CCC(N(C)C4CCCC4)CC3)CC2)cc1. The highest BCUT2D eigenvalue weighted by Crippen LogP contribution is 2.31. The van der Waals surface area contributed by atoms with E-state index in [1.54, 1.807) is 13.0 Å². The second kappa shape index (κ2) is 11.9. The highest BCUT2D eigenvalue weighted by Gasteiger charge is 2.38. The van der Waals surface area contributed by atoms with Crippen LogP contribution in [-0.4, -0.2) is 78.9 Å². The van der Waals surface area contributed by atoms with Gasteiger partial charge in [-0.1, -0.05) is 53.9 Å². The van der Waals surface area contributed by atoms with E-state index in [2.05, 4.69) is 17.1 Å². The second-order valence-corrected chi connectivity index (χ2v) is 13.4. The van der Waals surface area contributed by atoms with Crippen molar-refractivity contribution in [3.8, 4) is 0 Å². The Hall–Kier alpha value is -2.49. The lowest BCUT2D eigenvalue weighted by Crippen LogP contribution is -2.50. The first-order valence-electron chi connectivity index (χ1n) is 14.5. The van der Waals surface area contributed by atoms with E-state index in [0.717, 1.165) is 37.1 Å². The molecule has 0 bridgehead atoms. The van der Waals surface area contributed by atoms with Gasteiger partial charge in [0, 0.05) is 44.2 Å². The van der Waals surface area contributed by atoms with E-state index in [-0.39, 0.29) is 22.5 Å². The van der Waals surface area contributed by atoms with Gasteiger partial charge in [-0.05, 0) is 71.1 Å². The van der Waals surface area contributed by atoms with Crippen LogP contribution in [0.5, 0.6) is 0 Å². The van der Waals surface area contributed by atoms with Gasteiger partial charge in [0.1, 0.15) is 5.69 Å². The first kappa shape index (κ1) is 28.1. The van der Waals surface area contributed by atoms with Gasteiger partial charge < -0.3 is 14.3 Å². The molecule has 0 spiro atoms. The fraction of sp³-hybridized carbons (Fsp3) is 0.600. The van der Waals surface area contributed by atoms with Crippen molar-refractivity contribution >= 4 is 28.1 Å². The average molecular weight is 555 g/mol. The van der Waals surface area contributed by atoms with Crippen LogP contribution >= 0.6 is 0 Å². The molecule has 1 aliphatic carbocycles. The van der Waals surface area contributed by atoms with Gasteiger partial charge in [0.2, 0.25) is 15.9 Å². The lowest BCUT2D eigenvalue weighted by Gasteiger charge is -2.41. The number of carbonyl (C=O) groups excluding carboxylic acids is 1. The van der Waals surface area contributed by atoms with Crippen molar-refractivity contribution in [1.29, 1.82) is 0 Å². The van der Waals surface area contributed by atoms with Gasteiger partial charge in [-0.25, -0.2) is 8.42 Å². The maximum atomic E-state index is 13.6. The van der Waals surface area contributed by atoms with Crippen molar-refractivity contribution in [2.45, 2.75) is 82.2 Å². The Labute approximate surface area is 233 Å². The number of sulfonamides is 1. The summed E-state index contributed by atoms with van der Waals surface area (Å²) in [5.41, 5.74) is 2.46. The van der Waals surface area contributed by atoms with E-state index in [0.29, 0.717) is 43.7 Å². The summed E-state index contributed by atoms with van der Waals surface area (Å²) in [6.07, 6.45) is 11.9. The van der Waals surface area contributed by atoms with E-state index in [1.165, 1.54) is 30.0 Å². The van der Waals surface area contributed by atoms with Crippen LogP contribution < -0.4 is 0 Å². The highest BCUT2D eigenvalue weighted by atomic mass is 32.2. The number of benzene rings is 1. The molecular formula is C30H42N4O4S. The predicted octanol–water partition coefficient (Wildman–Crippen LogP) is 4.73. The Kier molecular flexibility index (Phi) is 8.59. The summed E-state index contributed by atoms with van der Waals surface area (Å²) in [7, 11) is -1.54. The molecule has 3 heterocycles. The number of aryl methyl sites for hydroxylation is 2. The standard InChI is InChI=1S/C30H42N4O4S/c1-22-8-10-24(11-9-22)12-13-28-29(23(2)31-38-28)39(36,37)34-20-14-25(15-21-34)30(35)33-18-16-27(17-19-33)32(3)26-6-4-5-7-26/h8-13,25-27H,4-7,14-21H2,1-3H3/b13-12+. The van der Waals surface area contributed by atoms with E-state index < -0.39 is 10.0 Å². The average Bonchev–Trinajstić information content (AvgIpc) is 3.62. The van der Waals surface area contributed by atoms with Crippen LogP contribution in [0.3, 0.4) is 0 Å². The molecule has 8 nitrogen and oxygen atoms in total. The van der Waals surface area contributed by atoms with E-state index in [9.17, 15) is 13.2 Å². The molecule has 2 aromatic rings. The van der Waals surface area contributed by atoms with Gasteiger partial charge in [0.25, 0.3) is 0 Å². The molecule has 212 valence electrons. The molecule has 0 N–H and O–H groups in total. The van der Waals surface area contributed by atoms with Crippen LogP contribution in [-0.2, 0) is 14.8 Å². The first-order chi connectivity index (χ1) is 18.7. The van der Waals surface area contributed by atoms with Gasteiger partial charge in [-0.15, -0.1) is 0 Å². The number of hydrogen-bond donors (Lipinski definition) is 0. The second-order valence-electron chi connectivity index (χ2n) is 11.5. The summed E-state index contributed by atoms with van der Waals surface area (Å²) in [6.45, 7) is 5.93. The van der Waals surface area contributed by atoms with Crippen molar-refractivity contribution in [1.82, 2.24) is 19.3 Å². The van der Waals surface area contributed by atoms with Crippen LogP contribution in [0, 0.1) is 19.8 Å². The largest absolute Gasteiger partial charge is 0.355 e. The monoisotopic (exact) mass is 554 g/mol. The third kappa shape index (κ3) is 6.15. The molecule has 1 saturated carbocycles. The zero-order valence-electron chi connectivity index (χ0n) is 23.5. The molecule has 0 unspecified atom stereocenters. The molecule has 9 heteroatoms. The smallest absolute Gasteiger partial charge is 0.248 e. The van der Waals surface area contributed by atoms with Crippen LogP contribution in [0.15, 0.2) is 33.7 Å². The Balaban J connectivity index is 1.17. The summed E-state index contributed by atoms with van der Waals surface area (Å²) in [5.74, 6) is 0.304. The lowest BCUT2D eigenvalue weighted by atomic mass is 9.94. The summed E-state index contributed by atoms with van der Waals surface area (Å²) >= 11 is 0. The maximum Gasteiger partial charge on any atom is 0.248 e. The Morgan fingerprint density at radius 3 is 2.18 bits per heavy atom. The number of amides is 1. The zero-order valence-corrected chi connectivity index (χ0v) is 24.3. The highest BCUT2D eigenvalue weighted by molar-refractivity contribution is 7.89. The number of piperidine rings is 2. The van der Waals surface area contributed by atoms with Crippen LogP contribution in [0.4, 0.5) is 0 Å². The van der Waals surface area contributed by atoms with Crippen molar-refractivity contribution in [2.24, 2.45) is 5.92 Å². The molecule has 39 heavy (non-hydrogen) atoms. The normalized spacial score (nSPS) is 21.0. The van der Waals surface area contributed by atoms with Gasteiger partial charge >= 0.3 is 0 Å². The molecule has 0 radical (unpaired) electrons. The van der Waals surface area contributed by atoms with Crippen LogP contribution in [0.2, 0.25) is 0 Å². The molecule has 1 aromatic heterocycles. The number of rotatable bonds is 7. The molecule has 1 aromatic carbocycles. The van der Waals surface area contributed by atoms with Gasteiger partial charge in [0.15, 0.2) is 10.7 Å². The van der Waals surface area contributed by atoms with Crippen LogP contribution in [0.1, 0.15) is 73.9 Å². The van der Waals surface area contributed by atoms with Gasteiger partial charge in [0.05, 0.1) is 0 Å². The zero-order chi connectivity index (χ0) is 27.6. The Bertz CT molecular complexity index is 1260. The molecule has 3 fully saturated rings. The number of carbonyl (C=O) groups is 1. The van der Waals surface area contributed by atoms with Crippen molar-refractivity contribution in [3.63, 3.8) is 0 Å². The summed E-state index contributed by atoms with van der Waals surface area (Å²) in [4.78, 5) is 18.0. The van der Waals surface area contributed by atoms with Crippen molar-refractivity contribution < 1.29 is 17.7 Å². The number of hydrogen-bond acceptors (Lipinski definition) is 6.